The summed E-state index contributed by atoms with van der Waals surface area (Å²) in [6.45, 7) is 0. The van der Waals surface area contributed by atoms with Gasteiger partial charge >= 0.3 is 0 Å². The van der Waals surface area contributed by atoms with Crippen molar-refractivity contribution in [3.8, 4) is 5.69 Å². The van der Waals surface area contributed by atoms with Crippen LogP contribution in [0.5, 0.6) is 0 Å². The summed E-state index contributed by atoms with van der Waals surface area (Å²) in [5.74, 6) is 0. The summed E-state index contributed by atoms with van der Waals surface area (Å²) in [6, 6.07) is 138. The molecule has 19 aromatic carbocycles. The molecule has 25 rings (SSSR count). The number of thiophene rings is 2. The van der Waals surface area contributed by atoms with E-state index < -0.39 is 0 Å². The van der Waals surface area contributed by atoms with Gasteiger partial charge in [0.15, 0.2) is 0 Å². The van der Waals surface area contributed by atoms with E-state index in [1.54, 1.807) is 0 Å². The molecule has 548 valence electrons. The minimum absolute atomic E-state index is 0.885. The first kappa shape index (κ1) is 67.9. The van der Waals surface area contributed by atoms with Gasteiger partial charge in [-0.3, -0.25) is 0 Å². The fourth-order valence-corrected chi connectivity index (χ4v) is 19.3. The molecule has 0 aliphatic heterocycles. The number of aromatic nitrogens is 1. The van der Waals surface area contributed by atoms with Gasteiger partial charge in [-0.15, -0.1) is 22.7 Å². The maximum absolute atomic E-state index is 5.99. The molecule has 0 radical (unpaired) electrons. The third-order valence-corrected chi connectivity index (χ3v) is 24.5. The van der Waals surface area contributed by atoms with Gasteiger partial charge in [-0.05, 0) is 195 Å². The molecule has 25 aromatic rings. The molecule has 6 heterocycles. The van der Waals surface area contributed by atoms with Crippen LogP contribution in [-0.2, 0) is 0 Å². The van der Waals surface area contributed by atoms with Crippen LogP contribution in [-0.4, -0.2) is 4.57 Å². The van der Waals surface area contributed by atoms with Crippen molar-refractivity contribution in [2.24, 2.45) is 0 Å². The Balaban J connectivity index is 0.0000000945. The predicted molar refractivity (Wildman–Crippen MR) is 497 cm³/mol. The molecule has 0 unspecified atom stereocenters. The molecule has 0 aliphatic carbocycles. The van der Waals surface area contributed by atoms with Gasteiger partial charge < -0.3 is 39.1 Å². The molecular weight excluding hydrogens is 1460 g/mol. The van der Waals surface area contributed by atoms with Crippen LogP contribution in [0.4, 0.5) is 45.5 Å². The molecule has 10 heteroatoms. The number of hydrogen-bond donors (Lipinski definition) is 4. The Morgan fingerprint density at radius 3 is 1.16 bits per heavy atom. The van der Waals surface area contributed by atoms with Crippen LogP contribution in [0.25, 0.3) is 177 Å². The lowest BCUT2D eigenvalue weighted by Crippen LogP contribution is -1.93. The highest BCUT2D eigenvalue weighted by atomic mass is 32.1. The summed E-state index contributed by atoms with van der Waals surface area (Å²) in [5, 5.41) is 39.3. The van der Waals surface area contributed by atoms with Crippen molar-refractivity contribution in [2.45, 2.75) is 0 Å². The van der Waals surface area contributed by atoms with Crippen LogP contribution in [0.2, 0.25) is 0 Å². The lowest BCUT2D eigenvalue weighted by molar-refractivity contribution is 0.668. The summed E-state index contributed by atoms with van der Waals surface area (Å²) >= 11 is 3.71. The third kappa shape index (κ3) is 12.3. The molecular formula is C106H69N5O3S2. The summed E-state index contributed by atoms with van der Waals surface area (Å²) in [4.78, 5) is 0. The molecule has 0 saturated carbocycles. The average Bonchev–Trinajstić information content (AvgIpc) is 1.18. The minimum Gasteiger partial charge on any atom is -0.456 e. The second-order valence-corrected chi connectivity index (χ2v) is 31.5. The van der Waals surface area contributed by atoms with Gasteiger partial charge in [0.05, 0.1) is 11.0 Å². The van der Waals surface area contributed by atoms with Crippen molar-refractivity contribution in [2.75, 3.05) is 21.3 Å². The molecule has 0 atom stereocenters. The Labute approximate surface area is 673 Å². The average molecular weight is 1520 g/mol. The van der Waals surface area contributed by atoms with Crippen molar-refractivity contribution in [1.82, 2.24) is 4.57 Å². The van der Waals surface area contributed by atoms with Crippen molar-refractivity contribution in [3.05, 3.63) is 394 Å². The molecule has 8 nitrogen and oxygen atoms in total. The Morgan fingerprint density at radius 2 is 0.543 bits per heavy atom. The van der Waals surface area contributed by atoms with Gasteiger partial charge in [0.25, 0.3) is 0 Å². The first-order valence-electron chi connectivity index (χ1n) is 39.0. The van der Waals surface area contributed by atoms with Crippen LogP contribution in [0.3, 0.4) is 0 Å². The topological polar surface area (TPSA) is 92.5 Å². The van der Waals surface area contributed by atoms with Gasteiger partial charge in [-0.25, -0.2) is 0 Å². The molecule has 0 aliphatic rings. The van der Waals surface area contributed by atoms with Crippen molar-refractivity contribution in [3.63, 3.8) is 0 Å². The Hall–Kier alpha value is -14.9. The van der Waals surface area contributed by atoms with Crippen molar-refractivity contribution in [1.29, 1.82) is 0 Å². The van der Waals surface area contributed by atoms with E-state index in [1.165, 1.54) is 111 Å². The van der Waals surface area contributed by atoms with Crippen LogP contribution >= 0.6 is 22.7 Å². The number of anilines is 8. The first-order chi connectivity index (χ1) is 57.4. The molecule has 0 bridgehead atoms. The van der Waals surface area contributed by atoms with Crippen molar-refractivity contribution >= 4 is 239 Å². The Morgan fingerprint density at radius 1 is 0.181 bits per heavy atom. The lowest BCUT2D eigenvalue weighted by Gasteiger charge is -2.13. The van der Waals surface area contributed by atoms with E-state index in [0.29, 0.717) is 0 Å². The van der Waals surface area contributed by atoms with E-state index in [-0.39, 0.29) is 0 Å². The van der Waals surface area contributed by atoms with E-state index in [2.05, 4.69) is 341 Å². The monoisotopic (exact) mass is 1520 g/mol. The summed E-state index contributed by atoms with van der Waals surface area (Å²) < 4.78 is 25.5. The van der Waals surface area contributed by atoms with Crippen LogP contribution in [0.15, 0.2) is 408 Å². The number of para-hydroxylation sites is 6. The number of benzene rings is 19. The number of rotatable bonds is 9. The minimum atomic E-state index is 0.885. The smallest absolute Gasteiger partial charge is 0.137 e. The predicted octanol–water partition coefficient (Wildman–Crippen LogP) is 31.9. The zero-order valence-corrected chi connectivity index (χ0v) is 64.1. The highest BCUT2D eigenvalue weighted by Gasteiger charge is 2.18. The van der Waals surface area contributed by atoms with E-state index in [0.717, 1.165) is 111 Å². The first-order valence-corrected chi connectivity index (χ1v) is 40.6. The fraction of sp³-hybridized carbons (Fsp3) is 0. The zero-order chi connectivity index (χ0) is 76.6. The number of nitrogens with zero attached hydrogens (tertiary/aromatic N) is 1. The molecule has 4 N–H and O–H groups in total. The maximum atomic E-state index is 5.99. The fourth-order valence-electron chi connectivity index (χ4n) is 17.0. The maximum Gasteiger partial charge on any atom is 0.137 e. The molecule has 0 spiro atoms. The highest BCUT2D eigenvalue weighted by Crippen LogP contribution is 2.45. The van der Waals surface area contributed by atoms with E-state index in [4.69, 9.17) is 13.3 Å². The Kier molecular flexibility index (Phi) is 16.8. The molecule has 116 heavy (non-hydrogen) atoms. The number of fused-ring (bicyclic) bond motifs is 26. The zero-order valence-electron chi connectivity index (χ0n) is 62.5. The van der Waals surface area contributed by atoms with Crippen molar-refractivity contribution < 1.29 is 13.3 Å². The number of hydrogen-bond acceptors (Lipinski definition) is 9. The number of nitrogens with one attached hydrogen (secondary N) is 4. The Bertz CT molecular complexity index is 8100. The molecule has 0 saturated heterocycles. The van der Waals surface area contributed by atoms with E-state index in [9.17, 15) is 0 Å². The quantitative estimate of drug-likeness (QED) is 0.107. The lowest BCUT2D eigenvalue weighted by atomic mass is 9.94. The number of furan rings is 3. The van der Waals surface area contributed by atoms with E-state index >= 15 is 0 Å². The second kappa shape index (κ2) is 28.7. The van der Waals surface area contributed by atoms with Crippen LogP contribution in [0.1, 0.15) is 0 Å². The normalized spacial score (nSPS) is 11.6. The second-order valence-electron chi connectivity index (χ2n) is 29.3. The van der Waals surface area contributed by atoms with Gasteiger partial charge in [0, 0.05) is 146 Å². The standard InChI is InChI=1S/C30H20N2S.C30H19NO.C24H15NO2.C22H15NS/c1-2-8-22(9-3-1)32-27-12-6-4-10-23(27)26-18-20(15-17-28(26)32)31-21-14-16-25-24-11-5-7-13-29(24)33-30(25)19-21;1-2-9-23-21(7-1)22-8-3-4-10-24(22)27-17-19(13-15-25(23)27)31-20-14-16-30-28(18-20)26-11-5-6-12-29(26)32-30;1-3-7-21-17(5-1)19-11-9-16(14-24(19)27-21)25-15-10-12-23-20(13-15)18-6-2-4-8-22(18)26-23;1-2-8-15(9-3-1)23-19-14-21-22(17-11-5-4-10-16(17)19)18-12-6-7-13-20(18)24-21/h1-19,31H;1-18,31H;1-14,25H;1-14,23H. The van der Waals surface area contributed by atoms with Gasteiger partial charge in [0.2, 0.25) is 0 Å². The summed E-state index contributed by atoms with van der Waals surface area (Å²) in [7, 11) is 0. The SMILES string of the molecule is c1ccc(-n2c3ccccc3c3cc(Nc4ccc5c(c4)sc4ccccc45)ccc32)cc1.c1ccc(Nc2cc3sc4ccccc4c3c3ccccc23)cc1.c1ccc2c(c1)oc1cc(Nc3ccc4oc5ccccc5c4c3)ccc12.c1ccc2c(c1)oc1ccc(Nc3ccc4c5ccccc5c5ccccc5c4c3)cc12. The van der Waals surface area contributed by atoms with Gasteiger partial charge in [-0.1, -0.05) is 231 Å². The van der Waals surface area contributed by atoms with Crippen LogP contribution in [0, 0.1) is 0 Å². The van der Waals surface area contributed by atoms with E-state index in [1.807, 2.05) is 102 Å². The van der Waals surface area contributed by atoms with Gasteiger partial charge in [-0.2, -0.15) is 0 Å². The summed E-state index contributed by atoms with van der Waals surface area (Å²) in [6.07, 6.45) is 0. The summed E-state index contributed by atoms with van der Waals surface area (Å²) in [5.41, 5.74) is 17.7. The molecule has 0 fully saturated rings. The largest absolute Gasteiger partial charge is 0.456 e. The highest BCUT2D eigenvalue weighted by molar-refractivity contribution is 7.26. The van der Waals surface area contributed by atoms with Gasteiger partial charge in [0.1, 0.15) is 33.5 Å². The third-order valence-electron chi connectivity index (χ3n) is 22.2. The molecule has 6 aromatic heterocycles. The molecule has 0 amide bonds. The van der Waals surface area contributed by atoms with Crippen LogP contribution < -0.4 is 21.3 Å².